The van der Waals surface area contributed by atoms with Crippen molar-refractivity contribution in [3.63, 3.8) is 0 Å². The Morgan fingerprint density at radius 1 is 1.40 bits per heavy atom. The minimum Gasteiger partial charge on any atom is -0.312 e. The maximum absolute atomic E-state index is 12.2. The fourth-order valence-corrected chi connectivity index (χ4v) is 4.97. The smallest absolute Gasteiger partial charge is 0.241 e. The van der Waals surface area contributed by atoms with Crippen LogP contribution in [0.5, 0.6) is 0 Å². The molecular formula is C13H24N2O2S3. The van der Waals surface area contributed by atoms with E-state index in [1.807, 2.05) is 25.6 Å². The molecule has 20 heavy (non-hydrogen) atoms. The molecule has 0 bridgehead atoms. The molecule has 0 aliphatic rings. The van der Waals surface area contributed by atoms with Gasteiger partial charge >= 0.3 is 0 Å². The Morgan fingerprint density at radius 3 is 2.80 bits per heavy atom. The molecule has 0 aliphatic carbocycles. The molecule has 4 nitrogen and oxygen atoms in total. The maximum Gasteiger partial charge on any atom is 0.241 e. The van der Waals surface area contributed by atoms with E-state index in [4.69, 9.17) is 0 Å². The molecule has 7 heteroatoms. The second-order valence-corrected chi connectivity index (χ2v) is 8.64. The third-order valence-corrected chi connectivity index (χ3v) is 6.33. The Labute approximate surface area is 130 Å². The van der Waals surface area contributed by atoms with E-state index in [0.717, 1.165) is 35.9 Å². The lowest BCUT2D eigenvalue weighted by Crippen LogP contribution is -2.32. The summed E-state index contributed by atoms with van der Waals surface area (Å²) in [5.74, 6) is 2.05. The van der Waals surface area contributed by atoms with E-state index in [2.05, 4.69) is 17.0 Å². The highest BCUT2D eigenvalue weighted by Gasteiger charge is 2.18. The van der Waals surface area contributed by atoms with Gasteiger partial charge in [0.05, 0.1) is 4.90 Å². The molecule has 1 unspecified atom stereocenters. The van der Waals surface area contributed by atoms with Crippen molar-refractivity contribution < 1.29 is 8.42 Å². The molecule has 1 aromatic rings. The number of thioether (sulfide) groups is 1. The molecule has 1 heterocycles. The van der Waals surface area contributed by atoms with Crippen LogP contribution >= 0.6 is 23.1 Å². The highest BCUT2D eigenvalue weighted by Crippen LogP contribution is 2.19. The third-order valence-electron chi connectivity index (χ3n) is 2.74. The molecule has 1 atom stereocenters. The van der Waals surface area contributed by atoms with Crippen molar-refractivity contribution in [2.75, 3.05) is 18.1 Å². The summed E-state index contributed by atoms with van der Waals surface area (Å²) in [5, 5.41) is 4.91. The SMILES string of the molecule is CCNCc1cc(S(=O)(=O)NC(C)CCSCC)cs1. The molecule has 0 saturated carbocycles. The van der Waals surface area contributed by atoms with E-state index in [0.29, 0.717) is 4.90 Å². The van der Waals surface area contributed by atoms with Crippen molar-refractivity contribution in [2.24, 2.45) is 0 Å². The number of hydrogen-bond acceptors (Lipinski definition) is 5. The minimum absolute atomic E-state index is 0.0313. The third kappa shape index (κ3) is 6.13. The first-order valence-electron chi connectivity index (χ1n) is 6.87. The lowest BCUT2D eigenvalue weighted by molar-refractivity contribution is 0.557. The summed E-state index contributed by atoms with van der Waals surface area (Å²) < 4.78 is 27.2. The van der Waals surface area contributed by atoms with Gasteiger partial charge in [-0.1, -0.05) is 13.8 Å². The average Bonchev–Trinajstić information content (AvgIpc) is 2.85. The van der Waals surface area contributed by atoms with Gasteiger partial charge in [0, 0.05) is 22.8 Å². The largest absolute Gasteiger partial charge is 0.312 e. The number of hydrogen-bond donors (Lipinski definition) is 2. The first-order valence-corrected chi connectivity index (χ1v) is 10.4. The van der Waals surface area contributed by atoms with Crippen LogP contribution in [0.1, 0.15) is 32.1 Å². The summed E-state index contributed by atoms with van der Waals surface area (Å²) in [6, 6.07) is 1.72. The Bertz CT molecular complexity index is 486. The van der Waals surface area contributed by atoms with Gasteiger partial charge in [0.15, 0.2) is 0 Å². The van der Waals surface area contributed by atoms with E-state index in [9.17, 15) is 8.42 Å². The molecule has 116 valence electrons. The van der Waals surface area contributed by atoms with E-state index < -0.39 is 10.0 Å². The topological polar surface area (TPSA) is 58.2 Å². The van der Waals surface area contributed by atoms with Gasteiger partial charge in [-0.2, -0.15) is 11.8 Å². The van der Waals surface area contributed by atoms with Gasteiger partial charge in [-0.25, -0.2) is 13.1 Å². The lowest BCUT2D eigenvalue weighted by Gasteiger charge is -2.12. The first-order chi connectivity index (χ1) is 9.49. The van der Waals surface area contributed by atoms with Gasteiger partial charge in [-0.15, -0.1) is 11.3 Å². The minimum atomic E-state index is -3.38. The monoisotopic (exact) mass is 336 g/mol. The van der Waals surface area contributed by atoms with E-state index in [-0.39, 0.29) is 6.04 Å². The van der Waals surface area contributed by atoms with Gasteiger partial charge in [-0.05, 0) is 37.5 Å². The van der Waals surface area contributed by atoms with E-state index in [1.165, 1.54) is 11.3 Å². The Balaban J connectivity index is 2.57. The number of thiophene rings is 1. The molecule has 0 aliphatic heterocycles. The summed E-state index contributed by atoms with van der Waals surface area (Å²) in [5.41, 5.74) is 0. The fourth-order valence-electron chi connectivity index (χ4n) is 1.64. The van der Waals surface area contributed by atoms with Gasteiger partial charge < -0.3 is 5.32 Å². The van der Waals surface area contributed by atoms with Gasteiger partial charge in [0.1, 0.15) is 0 Å². The summed E-state index contributed by atoms with van der Waals surface area (Å²) >= 11 is 3.31. The summed E-state index contributed by atoms with van der Waals surface area (Å²) in [6.45, 7) is 7.66. The van der Waals surface area contributed by atoms with Crippen LogP contribution < -0.4 is 10.0 Å². The van der Waals surface area contributed by atoms with Crippen molar-refractivity contribution in [3.05, 3.63) is 16.3 Å². The van der Waals surface area contributed by atoms with Gasteiger partial charge in [0.2, 0.25) is 10.0 Å². The summed E-state index contributed by atoms with van der Waals surface area (Å²) in [6.07, 6.45) is 0.853. The van der Waals surface area contributed by atoms with Crippen LogP contribution in [0.4, 0.5) is 0 Å². The van der Waals surface area contributed by atoms with Crippen LogP contribution in [-0.2, 0) is 16.6 Å². The molecule has 2 N–H and O–H groups in total. The number of nitrogens with one attached hydrogen (secondary N) is 2. The highest BCUT2D eigenvalue weighted by molar-refractivity contribution is 7.99. The normalized spacial score (nSPS) is 13.6. The molecule has 0 aromatic carbocycles. The van der Waals surface area contributed by atoms with Crippen LogP contribution in [0, 0.1) is 0 Å². The zero-order chi connectivity index (χ0) is 15.0. The predicted molar refractivity (Wildman–Crippen MR) is 89.1 cm³/mol. The summed E-state index contributed by atoms with van der Waals surface area (Å²) in [7, 11) is -3.38. The standard InChI is InChI=1S/C13H24N2O2S3/c1-4-14-9-12-8-13(10-19-12)20(16,17)15-11(3)6-7-18-5-2/h8,10-11,14-15H,4-7,9H2,1-3H3. The van der Waals surface area contributed by atoms with Crippen LogP contribution in [0.2, 0.25) is 0 Å². The van der Waals surface area contributed by atoms with Crippen LogP contribution in [-0.4, -0.2) is 32.5 Å². The van der Waals surface area contributed by atoms with Crippen molar-refractivity contribution in [2.45, 2.75) is 44.7 Å². The molecule has 0 saturated heterocycles. The Hall–Kier alpha value is -0.0800. The molecule has 0 radical (unpaired) electrons. The van der Waals surface area contributed by atoms with Crippen LogP contribution in [0.15, 0.2) is 16.3 Å². The van der Waals surface area contributed by atoms with E-state index in [1.54, 1.807) is 11.4 Å². The second kappa shape index (κ2) is 9.04. The van der Waals surface area contributed by atoms with E-state index >= 15 is 0 Å². The summed E-state index contributed by atoms with van der Waals surface area (Å²) in [4.78, 5) is 1.42. The second-order valence-electron chi connectivity index (χ2n) is 4.54. The van der Waals surface area contributed by atoms with Gasteiger partial charge in [0.25, 0.3) is 0 Å². The van der Waals surface area contributed by atoms with Crippen molar-refractivity contribution >= 4 is 33.1 Å². The Kier molecular flexibility index (Phi) is 8.13. The lowest BCUT2D eigenvalue weighted by atomic mass is 10.3. The highest BCUT2D eigenvalue weighted by atomic mass is 32.2. The van der Waals surface area contributed by atoms with Crippen molar-refractivity contribution in [1.82, 2.24) is 10.0 Å². The molecule has 1 aromatic heterocycles. The molecular weight excluding hydrogens is 312 g/mol. The number of rotatable bonds is 10. The number of sulfonamides is 1. The Morgan fingerprint density at radius 2 is 2.15 bits per heavy atom. The molecule has 0 amide bonds. The average molecular weight is 337 g/mol. The van der Waals surface area contributed by atoms with Gasteiger partial charge in [-0.3, -0.25) is 0 Å². The van der Waals surface area contributed by atoms with Crippen molar-refractivity contribution in [1.29, 1.82) is 0 Å². The molecule has 0 fully saturated rings. The van der Waals surface area contributed by atoms with Crippen LogP contribution in [0.25, 0.3) is 0 Å². The van der Waals surface area contributed by atoms with Crippen LogP contribution in [0.3, 0.4) is 0 Å². The predicted octanol–water partition coefficient (Wildman–Crippen LogP) is 2.67. The zero-order valence-corrected chi connectivity index (χ0v) is 14.8. The maximum atomic E-state index is 12.2. The fraction of sp³-hybridized carbons (Fsp3) is 0.692. The zero-order valence-electron chi connectivity index (χ0n) is 12.3. The quantitative estimate of drug-likeness (QED) is 0.645. The molecule has 1 rings (SSSR count). The first kappa shape index (κ1) is 18.0. The molecule has 0 spiro atoms. The van der Waals surface area contributed by atoms with Crippen molar-refractivity contribution in [3.8, 4) is 0 Å².